The first-order valence-electron chi connectivity index (χ1n) is 6.43. The van der Waals surface area contributed by atoms with Crippen LogP contribution in [0.5, 0.6) is 5.75 Å². The first kappa shape index (κ1) is 15.9. The number of likely N-dealkylation sites (tertiary alicyclic amines) is 1. The summed E-state index contributed by atoms with van der Waals surface area (Å²) in [6, 6.07) is 3.70. The molecule has 1 fully saturated rings. The Bertz CT molecular complexity index is 577. The molecule has 22 heavy (non-hydrogen) atoms. The molecule has 1 heterocycles. The third-order valence-electron chi connectivity index (χ3n) is 3.09. The molecule has 0 aliphatic carbocycles. The highest BCUT2D eigenvalue weighted by Crippen LogP contribution is 2.29. The minimum Gasteiger partial charge on any atom is -0.404 e. The average Bonchev–Trinajstić information content (AvgIpc) is 2.71. The lowest BCUT2D eigenvalue weighted by molar-refractivity contribution is -0.274. The number of likely N-dealkylation sites (N-methyl/N-ethyl adjacent to an activating group) is 1. The van der Waals surface area contributed by atoms with E-state index in [1.807, 2.05) is 0 Å². The van der Waals surface area contributed by atoms with E-state index in [9.17, 15) is 22.8 Å². The third kappa shape index (κ3) is 4.03. The summed E-state index contributed by atoms with van der Waals surface area (Å²) in [6.07, 6.45) is -4.41. The van der Waals surface area contributed by atoms with Gasteiger partial charge < -0.3 is 20.3 Å². The minimum atomic E-state index is -4.86. The largest absolute Gasteiger partial charge is 0.573 e. The van der Waals surface area contributed by atoms with E-state index in [1.54, 1.807) is 7.05 Å². The second-order valence-electron chi connectivity index (χ2n) is 4.74. The third-order valence-corrected chi connectivity index (χ3v) is 3.09. The van der Waals surface area contributed by atoms with Crippen molar-refractivity contribution in [2.45, 2.75) is 18.8 Å². The Morgan fingerprint density at radius 2 is 2.05 bits per heavy atom. The molecule has 120 valence electrons. The number of nitrogens with one attached hydrogen (secondary N) is 2. The summed E-state index contributed by atoms with van der Waals surface area (Å²) >= 11 is 0. The number of hydrogen-bond donors (Lipinski definition) is 2. The van der Waals surface area contributed by atoms with E-state index in [2.05, 4.69) is 15.4 Å². The Kier molecular flexibility index (Phi) is 4.43. The molecule has 3 amide bonds. The SMILES string of the molecule is CN1CCC(NC(=O)Nc2ccccc2OC(F)(F)F)C1=O. The number of hydrogen-bond acceptors (Lipinski definition) is 3. The molecular formula is C13H14F3N3O3. The van der Waals surface area contributed by atoms with Crippen LogP contribution in [0.4, 0.5) is 23.7 Å². The summed E-state index contributed by atoms with van der Waals surface area (Å²) in [5.41, 5.74) is -0.142. The van der Waals surface area contributed by atoms with Gasteiger partial charge in [0, 0.05) is 13.6 Å². The fraction of sp³-hybridized carbons (Fsp3) is 0.385. The maximum atomic E-state index is 12.3. The number of carbonyl (C=O) groups is 2. The number of anilines is 1. The van der Waals surface area contributed by atoms with Gasteiger partial charge in [-0.05, 0) is 18.6 Å². The molecule has 2 N–H and O–H groups in total. The molecule has 0 saturated carbocycles. The van der Waals surface area contributed by atoms with E-state index in [1.165, 1.54) is 23.1 Å². The summed E-state index contributed by atoms with van der Waals surface area (Å²) in [4.78, 5) is 24.9. The van der Waals surface area contributed by atoms with Gasteiger partial charge in [0.05, 0.1) is 5.69 Å². The van der Waals surface area contributed by atoms with Crippen molar-refractivity contribution in [3.63, 3.8) is 0 Å². The molecule has 0 bridgehead atoms. The quantitative estimate of drug-likeness (QED) is 0.895. The Morgan fingerprint density at radius 1 is 1.36 bits per heavy atom. The van der Waals surface area contributed by atoms with Gasteiger partial charge in [-0.1, -0.05) is 12.1 Å². The van der Waals surface area contributed by atoms with Crippen molar-refractivity contribution in [1.82, 2.24) is 10.2 Å². The summed E-state index contributed by atoms with van der Waals surface area (Å²) in [5.74, 6) is -0.769. The molecule has 1 aromatic rings. The van der Waals surface area contributed by atoms with Crippen LogP contribution in [0.3, 0.4) is 0 Å². The van der Waals surface area contributed by atoms with Crippen molar-refractivity contribution in [2.75, 3.05) is 18.9 Å². The van der Waals surface area contributed by atoms with Gasteiger partial charge in [0.2, 0.25) is 5.91 Å². The van der Waals surface area contributed by atoms with E-state index >= 15 is 0 Å². The summed E-state index contributed by atoms with van der Waals surface area (Å²) in [6.45, 7) is 0.511. The van der Waals surface area contributed by atoms with Crippen molar-refractivity contribution in [2.24, 2.45) is 0 Å². The molecule has 0 aromatic heterocycles. The maximum absolute atomic E-state index is 12.3. The van der Waals surface area contributed by atoms with Gasteiger partial charge in [0.25, 0.3) is 0 Å². The zero-order valence-corrected chi connectivity index (χ0v) is 11.6. The van der Waals surface area contributed by atoms with Crippen molar-refractivity contribution in [1.29, 1.82) is 0 Å². The highest BCUT2D eigenvalue weighted by molar-refractivity contribution is 5.95. The van der Waals surface area contributed by atoms with Crippen molar-refractivity contribution in [3.05, 3.63) is 24.3 Å². The standard InChI is InChI=1S/C13H14F3N3O3/c1-19-7-6-9(11(19)20)18-12(21)17-8-4-2-3-5-10(8)22-13(14,15)16/h2-5,9H,6-7H2,1H3,(H2,17,18,21). The maximum Gasteiger partial charge on any atom is 0.573 e. The summed E-state index contributed by atoms with van der Waals surface area (Å²) in [7, 11) is 1.61. The molecule has 6 nitrogen and oxygen atoms in total. The molecule has 2 rings (SSSR count). The van der Waals surface area contributed by atoms with Gasteiger partial charge in [-0.15, -0.1) is 13.2 Å². The molecule has 0 radical (unpaired) electrons. The molecular weight excluding hydrogens is 303 g/mol. The predicted molar refractivity (Wildman–Crippen MR) is 71.3 cm³/mol. The molecule has 1 aliphatic heterocycles. The number of alkyl halides is 3. The van der Waals surface area contributed by atoms with E-state index in [4.69, 9.17) is 0 Å². The first-order chi connectivity index (χ1) is 10.3. The smallest absolute Gasteiger partial charge is 0.404 e. The molecule has 1 saturated heterocycles. The monoisotopic (exact) mass is 317 g/mol. The van der Waals surface area contributed by atoms with Gasteiger partial charge in [-0.3, -0.25) is 4.79 Å². The topological polar surface area (TPSA) is 70.7 Å². The molecule has 1 unspecified atom stereocenters. The Balaban J connectivity index is 2.01. The fourth-order valence-corrected chi connectivity index (χ4v) is 2.06. The lowest BCUT2D eigenvalue weighted by Gasteiger charge is -2.16. The van der Waals surface area contributed by atoms with Gasteiger partial charge in [-0.2, -0.15) is 0 Å². The van der Waals surface area contributed by atoms with Crippen LogP contribution in [-0.4, -0.2) is 42.8 Å². The second kappa shape index (κ2) is 6.12. The number of amides is 3. The van der Waals surface area contributed by atoms with E-state index in [0.29, 0.717) is 13.0 Å². The average molecular weight is 317 g/mol. The number of nitrogens with zero attached hydrogens (tertiary/aromatic N) is 1. The number of ether oxygens (including phenoxy) is 1. The minimum absolute atomic E-state index is 0.142. The highest BCUT2D eigenvalue weighted by atomic mass is 19.4. The molecule has 1 atom stereocenters. The van der Waals surface area contributed by atoms with Crippen LogP contribution in [0.2, 0.25) is 0 Å². The van der Waals surface area contributed by atoms with E-state index < -0.39 is 24.2 Å². The van der Waals surface area contributed by atoms with Gasteiger partial charge in [0.15, 0.2) is 5.75 Å². The van der Waals surface area contributed by atoms with Crippen LogP contribution in [0.15, 0.2) is 24.3 Å². The second-order valence-corrected chi connectivity index (χ2v) is 4.74. The van der Waals surface area contributed by atoms with Crippen LogP contribution in [0.1, 0.15) is 6.42 Å². The fourth-order valence-electron chi connectivity index (χ4n) is 2.06. The number of urea groups is 1. The molecule has 1 aliphatic rings. The number of halogens is 3. The van der Waals surface area contributed by atoms with Crippen LogP contribution in [0.25, 0.3) is 0 Å². The highest BCUT2D eigenvalue weighted by Gasteiger charge is 2.33. The summed E-state index contributed by atoms with van der Waals surface area (Å²) in [5, 5.41) is 4.67. The van der Waals surface area contributed by atoms with Gasteiger partial charge in [0.1, 0.15) is 6.04 Å². The van der Waals surface area contributed by atoms with E-state index in [-0.39, 0.29) is 11.6 Å². The number of carbonyl (C=O) groups excluding carboxylic acids is 2. The van der Waals surface area contributed by atoms with Crippen LogP contribution in [0, 0.1) is 0 Å². The van der Waals surface area contributed by atoms with E-state index in [0.717, 1.165) is 6.07 Å². The predicted octanol–water partition coefficient (Wildman–Crippen LogP) is 1.94. The molecule has 1 aromatic carbocycles. The van der Waals surface area contributed by atoms with Crippen molar-refractivity contribution >= 4 is 17.6 Å². The zero-order valence-electron chi connectivity index (χ0n) is 11.6. The number of para-hydroxylation sites is 2. The zero-order chi connectivity index (χ0) is 16.3. The summed E-state index contributed by atoms with van der Waals surface area (Å²) < 4.78 is 40.7. The van der Waals surface area contributed by atoms with Crippen molar-refractivity contribution in [3.8, 4) is 5.75 Å². The lowest BCUT2D eigenvalue weighted by Crippen LogP contribution is -2.42. The van der Waals surface area contributed by atoms with Crippen LogP contribution >= 0.6 is 0 Å². The number of rotatable bonds is 3. The van der Waals surface area contributed by atoms with Crippen molar-refractivity contribution < 1.29 is 27.5 Å². The Labute approximate surface area is 124 Å². The molecule has 9 heteroatoms. The lowest BCUT2D eigenvalue weighted by atomic mass is 10.2. The van der Waals surface area contributed by atoms with Gasteiger partial charge in [-0.25, -0.2) is 4.79 Å². The van der Waals surface area contributed by atoms with Crippen LogP contribution < -0.4 is 15.4 Å². The first-order valence-corrected chi connectivity index (χ1v) is 6.43. The molecule has 0 spiro atoms. The Hall–Kier alpha value is -2.45. The normalized spacial score (nSPS) is 18.3. The number of benzene rings is 1. The van der Waals surface area contributed by atoms with Crippen LogP contribution in [-0.2, 0) is 4.79 Å². The Morgan fingerprint density at radius 3 is 2.64 bits per heavy atom. The van der Waals surface area contributed by atoms with Gasteiger partial charge >= 0.3 is 12.4 Å².